The minimum Gasteiger partial charge on any atom is -0.339 e. The predicted octanol–water partition coefficient (Wildman–Crippen LogP) is 5.36. The lowest BCUT2D eigenvalue weighted by Crippen LogP contribution is -2.50. The normalized spacial score (nSPS) is 14.0. The number of rotatable bonds is 8. The number of para-hydroxylation sites is 1. The maximum absolute atomic E-state index is 13.3. The molecular formula is C32H30N6OS. The quantitative estimate of drug-likeness (QED) is 0.244. The van der Waals surface area contributed by atoms with Gasteiger partial charge < -0.3 is 4.90 Å². The van der Waals surface area contributed by atoms with Gasteiger partial charge in [-0.25, -0.2) is 0 Å². The van der Waals surface area contributed by atoms with Gasteiger partial charge in [0.05, 0.1) is 11.8 Å². The standard InChI is InChI=1S/C32H30N6OS/c39-29(24-40-32-35-34-31(27-16-18-33-19-17-27)38(32)28-14-8-3-9-15-28)36-20-22-37(23-21-36)30(25-10-4-1-5-11-25)26-12-6-2-7-13-26/h1-19,30H,20-24H2. The topological polar surface area (TPSA) is 67.2 Å². The number of piperazine rings is 1. The third-order valence-corrected chi connectivity index (χ3v) is 8.09. The number of benzene rings is 3. The molecule has 3 aromatic carbocycles. The molecule has 7 nitrogen and oxygen atoms in total. The summed E-state index contributed by atoms with van der Waals surface area (Å²) in [6, 6.07) is 35.3. The highest BCUT2D eigenvalue weighted by atomic mass is 32.2. The summed E-state index contributed by atoms with van der Waals surface area (Å²) in [4.78, 5) is 21.9. The van der Waals surface area contributed by atoms with Crippen LogP contribution in [0.15, 0.2) is 121 Å². The molecule has 1 aliphatic heterocycles. The molecule has 1 fully saturated rings. The van der Waals surface area contributed by atoms with Gasteiger partial charge in [0.2, 0.25) is 5.91 Å². The lowest BCUT2D eigenvalue weighted by Gasteiger charge is -2.39. The molecule has 40 heavy (non-hydrogen) atoms. The molecule has 5 aromatic rings. The van der Waals surface area contributed by atoms with Gasteiger partial charge in [-0.05, 0) is 35.4 Å². The van der Waals surface area contributed by atoms with E-state index in [0.717, 1.165) is 30.2 Å². The number of pyridine rings is 1. The van der Waals surface area contributed by atoms with Crippen molar-refractivity contribution in [3.05, 3.63) is 127 Å². The Balaban J connectivity index is 1.14. The predicted molar refractivity (Wildman–Crippen MR) is 158 cm³/mol. The van der Waals surface area contributed by atoms with Crippen LogP contribution < -0.4 is 0 Å². The summed E-state index contributed by atoms with van der Waals surface area (Å²) in [6.45, 7) is 3.03. The fourth-order valence-electron chi connectivity index (χ4n) is 5.19. The van der Waals surface area contributed by atoms with Gasteiger partial charge in [-0.2, -0.15) is 0 Å². The van der Waals surface area contributed by atoms with E-state index in [1.165, 1.54) is 22.9 Å². The van der Waals surface area contributed by atoms with Gasteiger partial charge in [-0.3, -0.25) is 19.2 Å². The first kappa shape index (κ1) is 26.0. The molecule has 200 valence electrons. The smallest absolute Gasteiger partial charge is 0.233 e. The van der Waals surface area contributed by atoms with Crippen LogP contribution in [0, 0.1) is 0 Å². The van der Waals surface area contributed by atoms with E-state index >= 15 is 0 Å². The number of hydrogen-bond donors (Lipinski definition) is 0. The molecule has 0 atom stereocenters. The number of nitrogens with zero attached hydrogens (tertiary/aromatic N) is 6. The molecule has 0 spiro atoms. The molecule has 0 bridgehead atoms. The Morgan fingerprint density at radius 2 is 1.30 bits per heavy atom. The Morgan fingerprint density at radius 1 is 0.725 bits per heavy atom. The van der Waals surface area contributed by atoms with Crippen LogP contribution in [0.2, 0.25) is 0 Å². The molecule has 0 aliphatic carbocycles. The van der Waals surface area contributed by atoms with E-state index in [4.69, 9.17) is 0 Å². The van der Waals surface area contributed by atoms with Crippen molar-refractivity contribution in [2.24, 2.45) is 0 Å². The van der Waals surface area contributed by atoms with Crippen molar-refractivity contribution in [2.75, 3.05) is 31.9 Å². The first-order chi connectivity index (χ1) is 19.8. The molecule has 1 aliphatic rings. The number of thioether (sulfide) groups is 1. The lowest BCUT2D eigenvalue weighted by molar-refractivity contribution is -0.130. The number of carbonyl (C=O) groups excluding carboxylic acids is 1. The lowest BCUT2D eigenvalue weighted by atomic mass is 9.96. The Morgan fingerprint density at radius 3 is 1.90 bits per heavy atom. The monoisotopic (exact) mass is 546 g/mol. The molecular weight excluding hydrogens is 516 g/mol. The molecule has 0 saturated carbocycles. The van der Waals surface area contributed by atoms with Crippen molar-refractivity contribution in [2.45, 2.75) is 11.2 Å². The zero-order valence-electron chi connectivity index (χ0n) is 22.1. The fourth-order valence-corrected chi connectivity index (χ4v) is 6.05. The third kappa shape index (κ3) is 5.68. The van der Waals surface area contributed by atoms with Gasteiger partial charge in [0.15, 0.2) is 11.0 Å². The van der Waals surface area contributed by atoms with Crippen LogP contribution in [0.1, 0.15) is 17.2 Å². The fraction of sp³-hybridized carbons (Fsp3) is 0.188. The van der Waals surface area contributed by atoms with Crippen LogP contribution in [0.4, 0.5) is 0 Å². The van der Waals surface area contributed by atoms with Crippen molar-refractivity contribution in [3.63, 3.8) is 0 Å². The molecule has 1 amide bonds. The summed E-state index contributed by atoms with van der Waals surface area (Å²) in [5, 5.41) is 9.63. The van der Waals surface area contributed by atoms with Crippen LogP contribution in [0.5, 0.6) is 0 Å². The highest BCUT2D eigenvalue weighted by molar-refractivity contribution is 7.99. The number of hydrogen-bond acceptors (Lipinski definition) is 6. The van der Waals surface area contributed by atoms with Crippen molar-refractivity contribution >= 4 is 17.7 Å². The molecule has 1 saturated heterocycles. The van der Waals surface area contributed by atoms with Crippen LogP contribution >= 0.6 is 11.8 Å². The third-order valence-electron chi connectivity index (χ3n) is 7.17. The maximum atomic E-state index is 13.3. The average molecular weight is 547 g/mol. The zero-order chi connectivity index (χ0) is 27.1. The summed E-state index contributed by atoms with van der Waals surface area (Å²) in [5.74, 6) is 1.15. The van der Waals surface area contributed by atoms with E-state index < -0.39 is 0 Å². The number of carbonyl (C=O) groups is 1. The number of amides is 1. The van der Waals surface area contributed by atoms with Crippen molar-refractivity contribution in [3.8, 4) is 17.1 Å². The second-order valence-electron chi connectivity index (χ2n) is 9.64. The largest absolute Gasteiger partial charge is 0.339 e. The average Bonchev–Trinajstić information content (AvgIpc) is 3.46. The van der Waals surface area contributed by atoms with Gasteiger partial charge >= 0.3 is 0 Å². The summed E-state index contributed by atoms with van der Waals surface area (Å²) in [5.41, 5.74) is 4.42. The van der Waals surface area contributed by atoms with Crippen LogP contribution in [0.25, 0.3) is 17.1 Å². The summed E-state index contributed by atoms with van der Waals surface area (Å²) in [7, 11) is 0. The van der Waals surface area contributed by atoms with E-state index in [2.05, 4.69) is 80.7 Å². The summed E-state index contributed by atoms with van der Waals surface area (Å²) < 4.78 is 2.01. The zero-order valence-corrected chi connectivity index (χ0v) is 22.9. The van der Waals surface area contributed by atoms with E-state index in [1.807, 2.05) is 51.9 Å². The first-order valence-corrected chi connectivity index (χ1v) is 14.4. The minimum absolute atomic E-state index is 0.119. The van der Waals surface area contributed by atoms with Crippen LogP contribution in [-0.4, -0.2) is 67.4 Å². The second-order valence-corrected chi connectivity index (χ2v) is 10.6. The minimum atomic E-state index is 0.119. The van der Waals surface area contributed by atoms with Gasteiger partial charge in [0.25, 0.3) is 0 Å². The van der Waals surface area contributed by atoms with E-state index in [0.29, 0.717) is 24.0 Å². The first-order valence-electron chi connectivity index (χ1n) is 13.4. The van der Waals surface area contributed by atoms with E-state index in [9.17, 15) is 4.79 Å². The summed E-state index contributed by atoms with van der Waals surface area (Å²) in [6.07, 6.45) is 3.49. The SMILES string of the molecule is O=C(CSc1nnc(-c2ccncc2)n1-c1ccccc1)N1CCN(C(c2ccccc2)c2ccccc2)CC1. The number of aromatic nitrogens is 4. The van der Waals surface area contributed by atoms with Crippen molar-refractivity contribution in [1.82, 2.24) is 29.5 Å². The second kappa shape index (κ2) is 12.3. The molecule has 0 N–H and O–H groups in total. The van der Waals surface area contributed by atoms with Crippen molar-refractivity contribution in [1.29, 1.82) is 0 Å². The Bertz CT molecular complexity index is 1480. The maximum Gasteiger partial charge on any atom is 0.233 e. The van der Waals surface area contributed by atoms with Gasteiger partial charge in [-0.1, -0.05) is 90.6 Å². The van der Waals surface area contributed by atoms with Gasteiger partial charge in [0.1, 0.15) is 0 Å². The molecule has 8 heteroatoms. The Hall–Kier alpha value is -4.27. The molecule has 0 radical (unpaired) electrons. The van der Waals surface area contributed by atoms with Crippen molar-refractivity contribution < 1.29 is 4.79 Å². The Labute approximate surface area is 238 Å². The molecule has 2 aromatic heterocycles. The van der Waals surface area contributed by atoms with E-state index in [1.54, 1.807) is 12.4 Å². The Kier molecular flexibility index (Phi) is 7.97. The molecule has 6 rings (SSSR count). The molecule has 0 unspecified atom stereocenters. The van der Waals surface area contributed by atoms with Crippen LogP contribution in [-0.2, 0) is 4.79 Å². The molecule has 3 heterocycles. The van der Waals surface area contributed by atoms with Gasteiger partial charge in [-0.15, -0.1) is 10.2 Å². The van der Waals surface area contributed by atoms with E-state index in [-0.39, 0.29) is 11.9 Å². The highest BCUT2D eigenvalue weighted by Crippen LogP contribution is 2.30. The van der Waals surface area contributed by atoms with Gasteiger partial charge in [0, 0.05) is 49.8 Å². The highest BCUT2D eigenvalue weighted by Gasteiger charge is 2.28. The van der Waals surface area contributed by atoms with Crippen LogP contribution in [0.3, 0.4) is 0 Å². The summed E-state index contributed by atoms with van der Waals surface area (Å²) >= 11 is 1.43.